The maximum absolute atomic E-state index is 12.4. The monoisotopic (exact) mass is 298 g/mol. The molecule has 3 atom stereocenters. The number of rotatable bonds is 6. The topological polar surface area (TPSA) is 86.7 Å². The number of hydrogen-bond donors (Lipinski definition) is 2. The van der Waals surface area contributed by atoms with Crippen molar-refractivity contribution < 1.29 is 19.5 Å². The van der Waals surface area contributed by atoms with Crippen LogP contribution in [0.5, 0.6) is 0 Å². The van der Waals surface area contributed by atoms with Gasteiger partial charge >= 0.3 is 5.97 Å². The first-order valence-corrected chi connectivity index (χ1v) is 7.46. The molecule has 2 amide bonds. The Kier molecular flexibility index (Phi) is 6.18. The minimum absolute atomic E-state index is 0.0250. The lowest BCUT2D eigenvalue weighted by Gasteiger charge is -2.23. The molecule has 21 heavy (non-hydrogen) atoms. The third-order valence-corrected chi connectivity index (χ3v) is 3.90. The number of aliphatic carboxylic acids is 1. The second-order valence-electron chi connectivity index (χ2n) is 6.52. The van der Waals surface area contributed by atoms with Crippen molar-refractivity contribution in [3.05, 3.63) is 0 Å². The van der Waals surface area contributed by atoms with Crippen molar-refractivity contribution >= 4 is 17.8 Å². The Hall–Kier alpha value is -1.59. The molecule has 2 N–H and O–H groups in total. The first kappa shape index (κ1) is 17.5. The van der Waals surface area contributed by atoms with Crippen LogP contribution in [-0.2, 0) is 14.4 Å². The van der Waals surface area contributed by atoms with Crippen LogP contribution in [0.15, 0.2) is 0 Å². The predicted molar refractivity (Wildman–Crippen MR) is 78.5 cm³/mol. The average Bonchev–Trinajstić information content (AvgIpc) is 2.77. The van der Waals surface area contributed by atoms with Crippen molar-refractivity contribution in [1.29, 1.82) is 0 Å². The van der Waals surface area contributed by atoms with Gasteiger partial charge in [-0.25, -0.2) is 0 Å². The molecule has 1 aliphatic rings. The lowest BCUT2D eigenvalue weighted by Crippen LogP contribution is -2.43. The highest BCUT2D eigenvalue weighted by molar-refractivity contribution is 5.88. The molecule has 1 rings (SSSR count). The van der Waals surface area contributed by atoms with E-state index in [4.69, 9.17) is 0 Å². The molecule has 0 spiro atoms. The summed E-state index contributed by atoms with van der Waals surface area (Å²) in [5.74, 6) is -1.95. The fraction of sp³-hybridized carbons (Fsp3) is 0.800. The van der Waals surface area contributed by atoms with E-state index in [1.165, 1.54) is 4.90 Å². The van der Waals surface area contributed by atoms with Gasteiger partial charge in [-0.3, -0.25) is 14.4 Å². The summed E-state index contributed by atoms with van der Waals surface area (Å²) in [5.41, 5.74) is 0. The standard InChI is InChI=1S/C15H26N2O4/c1-9(2)7-16-13(18)8-17(4)14(19)11-5-10(3)6-12(11)15(20)21/h9-12H,5-8H2,1-4H3,(H,16,18)(H,20,21). The van der Waals surface area contributed by atoms with Gasteiger partial charge in [-0.05, 0) is 24.7 Å². The quantitative estimate of drug-likeness (QED) is 0.765. The molecular formula is C15H26N2O4. The van der Waals surface area contributed by atoms with Crippen molar-refractivity contribution in [2.75, 3.05) is 20.1 Å². The van der Waals surface area contributed by atoms with Gasteiger partial charge in [0, 0.05) is 13.6 Å². The highest BCUT2D eigenvalue weighted by Gasteiger charge is 2.42. The highest BCUT2D eigenvalue weighted by Crippen LogP contribution is 2.37. The Labute approximate surface area is 125 Å². The molecule has 0 bridgehead atoms. The van der Waals surface area contributed by atoms with E-state index < -0.39 is 17.8 Å². The molecular weight excluding hydrogens is 272 g/mol. The molecule has 3 unspecified atom stereocenters. The smallest absolute Gasteiger partial charge is 0.307 e. The summed E-state index contributed by atoms with van der Waals surface area (Å²) < 4.78 is 0. The third kappa shape index (κ3) is 5.02. The van der Waals surface area contributed by atoms with Gasteiger partial charge in [-0.2, -0.15) is 0 Å². The normalized spacial score (nSPS) is 24.9. The second kappa shape index (κ2) is 7.43. The zero-order valence-corrected chi connectivity index (χ0v) is 13.3. The largest absolute Gasteiger partial charge is 0.481 e. The minimum Gasteiger partial charge on any atom is -0.481 e. The van der Waals surface area contributed by atoms with Gasteiger partial charge in [0.1, 0.15) is 0 Å². The molecule has 0 heterocycles. The van der Waals surface area contributed by atoms with E-state index in [1.807, 2.05) is 20.8 Å². The van der Waals surface area contributed by atoms with Gasteiger partial charge < -0.3 is 15.3 Å². The van der Waals surface area contributed by atoms with Crippen LogP contribution in [0.1, 0.15) is 33.6 Å². The van der Waals surface area contributed by atoms with Crippen LogP contribution in [0.4, 0.5) is 0 Å². The third-order valence-electron chi connectivity index (χ3n) is 3.90. The number of nitrogens with zero attached hydrogens (tertiary/aromatic N) is 1. The van der Waals surface area contributed by atoms with Gasteiger partial charge in [-0.15, -0.1) is 0 Å². The fourth-order valence-corrected chi connectivity index (χ4v) is 2.79. The Morgan fingerprint density at radius 2 is 1.81 bits per heavy atom. The van der Waals surface area contributed by atoms with Gasteiger partial charge in [0.05, 0.1) is 18.4 Å². The molecule has 0 saturated heterocycles. The average molecular weight is 298 g/mol. The number of carbonyl (C=O) groups is 3. The number of likely N-dealkylation sites (N-methyl/N-ethyl adjacent to an activating group) is 1. The molecule has 1 saturated carbocycles. The van der Waals surface area contributed by atoms with E-state index in [2.05, 4.69) is 5.32 Å². The van der Waals surface area contributed by atoms with Crippen LogP contribution < -0.4 is 5.32 Å². The van der Waals surface area contributed by atoms with Gasteiger partial charge in [0.2, 0.25) is 11.8 Å². The minimum atomic E-state index is -0.921. The summed E-state index contributed by atoms with van der Waals surface area (Å²) in [5, 5.41) is 12.0. The number of carbonyl (C=O) groups excluding carboxylic acids is 2. The molecule has 0 aromatic carbocycles. The summed E-state index contributed by atoms with van der Waals surface area (Å²) in [6, 6.07) is 0. The number of carboxylic acids is 1. The molecule has 0 aromatic heterocycles. The summed E-state index contributed by atoms with van der Waals surface area (Å²) in [7, 11) is 1.55. The molecule has 0 aliphatic heterocycles. The van der Waals surface area contributed by atoms with Crippen LogP contribution in [0.25, 0.3) is 0 Å². The zero-order chi connectivity index (χ0) is 16.2. The van der Waals surface area contributed by atoms with Crippen LogP contribution in [0, 0.1) is 23.7 Å². The van der Waals surface area contributed by atoms with E-state index in [-0.39, 0.29) is 24.3 Å². The Morgan fingerprint density at radius 3 is 2.33 bits per heavy atom. The molecule has 6 heteroatoms. The van der Waals surface area contributed by atoms with E-state index in [9.17, 15) is 19.5 Å². The Balaban J connectivity index is 2.57. The van der Waals surface area contributed by atoms with Crippen molar-refractivity contribution in [2.45, 2.75) is 33.6 Å². The maximum atomic E-state index is 12.4. The molecule has 0 aromatic rings. The lowest BCUT2D eigenvalue weighted by atomic mass is 9.95. The van der Waals surface area contributed by atoms with E-state index >= 15 is 0 Å². The van der Waals surface area contributed by atoms with Crippen LogP contribution in [0.3, 0.4) is 0 Å². The summed E-state index contributed by atoms with van der Waals surface area (Å²) in [6.07, 6.45) is 1.10. The number of nitrogens with one attached hydrogen (secondary N) is 1. The van der Waals surface area contributed by atoms with E-state index in [0.717, 1.165) is 0 Å². The van der Waals surface area contributed by atoms with Crippen LogP contribution in [0.2, 0.25) is 0 Å². The van der Waals surface area contributed by atoms with Gasteiger partial charge in [-0.1, -0.05) is 20.8 Å². The van der Waals surface area contributed by atoms with E-state index in [1.54, 1.807) is 7.05 Å². The SMILES string of the molecule is CC(C)CNC(=O)CN(C)C(=O)C1CC(C)CC1C(=O)O. The fourth-order valence-electron chi connectivity index (χ4n) is 2.79. The Morgan fingerprint density at radius 1 is 1.24 bits per heavy atom. The first-order valence-electron chi connectivity index (χ1n) is 7.46. The number of hydrogen-bond acceptors (Lipinski definition) is 3. The number of carboxylic acid groups (broad SMARTS) is 1. The van der Waals surface area contributed by atoms with E-state index in [0.29, 0.717) is 25.3 Å². The molecule has 6 nitrogen and oxygen atoms in total. The zero-order valence-electron chi connectivity index (χ0n) is 13.3. The van der Waals surface area contributed by atoms with Crippen molar-refractivity contribution in [3.63, 3.8) is 0 Å². The van der Waals surface area contributed by atoms with Crippen LogP contribution in [-0.4, -0.2) is 47.9 Å². The van der Waals surface area contributed by atoms with Gasteiger partial charge in [0.25, 0.3) is 0 Å². The predicted octanol–water partition coefficient (Wildman–Crippen LogP) is 0.964. The van der Waals surface area contributed by atoms with Crippen molar-refractivity contribution in [1.82, 2.24) is 10.2 Å². The second-order valence-corrected chi connectivity index (χ2v) is 6.52. The molecule has 1 aliphatic carbocycles. The summed E-state index contributed by atoms with van der Waals surface area (Å²) >= 11 is 0. The summed E-state index contributed by atoms with van der Waals surface area (Å²) in [4.78, 5) is 36.7. The Bertz CT molecular complexity index is 408. The van der Waals surface area contributed by atoms with Gasteiger partial charge in [0.15, 0.2) is 0 Å². The molecule has 0 radical (unpaired) electrons. The lowest BCUT2D eigenvalue weighted by molar-refractivity contribution is -0.149. The molecule has 120 valence electrons. The number of amides is 2. The highest BCUT2D eigenvalue weighted by atomic mass is 16.4. The van der Waals surface area contributed by atoms with Crippen molar-refractivity contribution in [2.24, 2.45) is 23.7 Å². The summed E-state index contributed by atoms with van der Waals surface area (Å²) in [6.45, 7) is 6.49. The maximum Gasteiger partial charge on any atom is 0.307 e. The van der Waals surface area contributed by atoms with Crippen molar-refractivity contribution in [3.8, 4) is 0 Å². The first-order chi connectivity index (χ1) is 9.72. The van der Waals surface area contributed by atoms with Crippen LogP contribution >= 0.6 is 0 Å². The molecule has 1 fully saturated rings.